The van der Waals surface area contributed by atoms with Crippen molar-refractivity contribution in [3.63, 3.8) is 0 Å². The van der Waals surface area contributed by atoms with Crippen molar-refractivity contribution in [2.75, 3.05) is 18.1 Å². The Hall–Kier alpha value is -0.640. The fraction of sp³-hybridized carbons (Fsp3) is 0.667. The molecule has 0 amide bonds. The van der Waals surface area contributed by atoms with Gasteiger partial charge in [-0.15, -0.1) is 0 Å². The lowest BCUT2D eigenvalue weighted by Crippen LogP contribution is -2.26. The Morgan fingerprint density at radius 2 is 2.31 bits per heavy atom. The van der Waals surface area contributed by atoms with Crippen LogP contribution < -0.4 is 5.32 Å². The molecule has 1 aromatic rings. The first-order valence-corrected chi connectivity index (χ1v) is 5.54. The first kappa shape index (κ1) is 10.4. The second kappa shape index (κ2) is 4.05. The molecule has 74 valence electrons. The van der Waals surface area contributed by atoms with Crippen molar-refractivity contribution in [3.8, 4) is 0 Å². The van der Waals surface area contributed by atoms with Gasteiger partial charge in [0, 0.05) is 30.7 Å². The summed E-state index contributed by atoms with van der Waals surface area (Å²) < 4.78 is 2.24. The van der Waals surface area contributed by atoms with E-state index in [1.165, 1.54) is 0 Å². The number of hydrogen-bond donors (Lipinski definition) is 1. The van der Waals surface area contributed by atoms with E-state index in [-0.39, 0.29) is 4.75 Å². The van der Waals surface area contributed by atoms with Crippen LogP contribution in [0, 0.1) is 0 Å². The first-order chi connectivity index (χ1) is 6.05. The lowest BCUT2D eigenvalue weighted by atomic mass is 10.2. The number of imidazole rings is 1. The van der Waals surface area contributed by atoms with Crippen LogP contribution in [0.15, 0.2) is 12.4 Å². The molecule has 0 bridgehead atoms. The molecule has 0 saturated heterocycles. The first-order valence-electron chi connectivity index (χ1n) is 4.31. The molecule has 1 rings (SSSR count). The Bertz CT molecular complexity index is 268. The molecular weight excluding hydrogens is 182 g/mol. The zero-order valence-electron chi connectivity index (χ0n) is 8.66. The van der Waals surface area contributed by atoms with Crippen molar-refractivity contribution in [1.82, 2.24) is 9.55 Å². The molecule has 0 aliphatic heterocycles. The highest BCUT2D eigenvalue weighted by Gasteiger charge is 2.15. The van der Waals surface area contributed by atoms with E-state index in [4.69, 9.17) is 0 Å². The van der Waals surface area contributed by atoms with Gasteiger partial charge in [-0.2, -0.15) is 11.8 Å². The highest BCUT2D eigenvalue weighted by atomic mass is 32.2. The quantitative estimate of drug-likeness (QED) is 0.804. The van der Waals surface area contributed by atoms with Crippen molar-refractivity contribution in [2.45, 2.75) is 18.6 Å². The van der Waals surface area contributed by atoms with Gasteiger partial charge >= 0.3 is 0 Å². The largest absolute Gasteiger partial charge is 0.354 e. The highest BCUT2D eigenvalue weighted by molar-refractivity contribution is 7.99. The third-order valence-electron chi connectivity index (χ3n) is 2.05. The third kappa shape index (κ3) is 2.95. The smallest absolute Gasteiger partial charge is 0.202 e. The molecule has 0 aliphatic rings. The maximum atomic E-state index is 4.20. The molecule has 0 radical (unpaired) electrons. The van der Waals surface area contributed by atoms with E-state index in [0.717, 1.165) is 12.5 Å². The van der Waals surface area contributed by atoms with Crippen LogP contribution in [-0.4, -0.2) is 27.1 Å². The normalized spacial score (nSPS) is 11.7. The molecule has 1 heterocycles. The summed E-state index contributed by atoms with van der Waals surface area (Å²) in [6.45, 7) is 5.36. The summed E-state index contributed by atoms with van der Waals surface area (Å²) in [6.07, 6.45) is 5.86. The highest BCUT2D eigenvalue weighted by Crippen LogP contribution is 2.21. The van der Waals surface area contributed by atoms with E-state index >= 15 is 0 Å². The van der Waals surface area contributed by atoms with Crippen LogP contribution in [0.4, 0.5) is 5.95 Å². The minimum atomic E-state index is 0.256. The van der Waals surface area contributed by atoms with Gasteiger partial charge in [0.15, 0.2) is 0 Å². The topological polar surface area (TPSA) is 29.9 Å². The molecule has 13 heavy (non-hydrogen) atoms. The standard InChI is InChI=1S/C9H17N3S/c1-9(2,13-4)7-11-8-10-5-6-12(8)3/h5-6H,7H2,1-4H3,(H,10,11). The monoisotopic (exact) mass is 199 g/mol. The number of anilines is 1. The van der Waals surface area contributed by atoms with Gasteiger partial charge < -0.3 is 9.88 Å². The van der Waals surface area contributed by atoms with E-state index in [2.05, 4.69) is 30.4 Å². The van der Waals surface area contributed by atoms with Gasteiger partial charge in [-0.25, -0.2) is 4.98 Å². The maximum Gasteiger partial charge on any atom is 0.202 e. The fourth-order valence-electron chi connectivity index (χ4n) is 0.900. The van der Waals surface area contributed by atoms with Gasteiger partial charge in [0.1, 0.15) is 0 Å². The van der Waals surface area contributed by atoms with Crippen LogP contribution in [0.3, 0.4) is 0 Å². The van der Waals surface area contributed by atoms with Crippen LogP contribution in [0.5, 0.6) is 0 Å². The summed E-state index contributed by atoms with van der Waals surface area (Å²) >= 11 is 1.86. The van der Waals surface area contributed by atoms with Crippen molar-refractivity contribution >= 4 is 17.7 Å². The van der Waals surface area contributed by atoms with Gasteiger partial charge in [0.05, 0.1) is 0 Å². The minimum absolute atomic E-state index is 0.256. The molecule has 1 N–H and O–H groups in total. The van der Waals surface area contributed by atoms with Crippen LogP contribution in [-0.2, 0) is 7.05 Å². The summed E-state index contributed by atoms with van der Waals surface area (Å²) in [7, 11) is 1.99. The van der Waals surface area contributed by atoms with Crippen molar-refractivity contribution in [2.24, 2.45) is 7.05 Å². The fourth-order valence-corrected chi connectivity index (χ4v) is 1.12. The zero-order chi connectivity index (χ0) is 9.90. The number of nitrogens with one attached hydrogen (secondary N) is 1. The number of thioether (sulfide) groups is 1. The molecule has 1 aromatic heterocycles. The SMILES string of the molecule is CSC(C)(C)CNc1nccn1C. The molecule has 0 atom stereocenters. The van der Waals surface area contributed by atoms with Gasteiger partial charge in [-0.3, -0.25) is 0 Å². The Morgan fingerprint density at radius 1 is 1.62 bits per heavy atom. The Morgan fingerprint density at radius 3 is 2.77 bits per heavy atom. The van der Waals surface area contributed by atoms with E-state index in [1.807, 2.05) is 29.6 Å². The van der Waals surface area contributed by atoms with Crippen LogP contribution in [0.2, 0.25) is 0 Å². The molecule has 0 saturated carbocycles. The average Bonchev–Trinajstić information content (AvgIpc) is 2.48. The number of hydrogen-bond acceptors (Lipinski definition) is 3. The van der Waals surface area contributed by atoms with Crippen molar-refractivity contribution in [1.29, 1.82) is 0 Å². The minimum Gasteiger partial charge on any atom is -0.354 e. The van der Waals surface area contributed by atoms with Gasteiger partial charge in [-0.1, -0.05) is 0 Å². The lowest BCUT2D eigenvalue weighted by Gasteiger charge is -2.22. The van der Waals surface area contributed by atoms with Crippen LogP contribution in [0.1, 0.15) is 13.8 Å². The van der Waals surface area contributed by atoms with E-state index in [9.17, 15) is 0 Å². The van der Waals surface area contributed by atoms with Gasteiger partial charge in [-0.05, 0) is 20.1 Å². The van der Waals surface area contributed by atoms with Gasteiger partial charge in [0.2, 0.25) is 5.95 Å². The summed E-state index contributed by atoms with van der Waals surface area (Å²) in [5.41, 5.74) is 0. The summed E-state index contributed by atoms with van der Waals surface area (Å²) in [5.74, 6) is 0.933. The van der Waals surface area contributed by atoms with E-state index < -0.39 is 0 Å². The van der Waals surface area contributed by atoms with Crippen LogP contribution in [0.25, 0.3) is 0 Å². The second-order valence-electron chi connectivity index (χ2n) is 3.68. The maximum absolute atomic E-state index is 4.20. The predicted octanol–water partition coefficient (Wildman–Crippen LogP) is 1.97. The predicted molar refractivity (Wildman–Crippen MR) is 59.3 cm³/mol. The molecule has 0 unspecified atom stereocenters. The molecule has 0 aliphatic carbocycles. The average molecular weight is 199 g/mol. The van der Waals surface area contributed by atoms with Gasteiger partial charge in [0.25, 0.3) is 0 Å². The molecular formula is C9H17N3S. The van der Waals surface area contributed by atoms with Crippen molar-refractivity contribution < 1.29 is 0 Å². The zero-order valence-corrected chi connectivity index (χ0v) is 9.48. The Labute approximate surface area is 83.9 Å². The summed E-state index contributed by atoms with van der Waals surface area (Å²) in [4.78, 5) is 4.20. The van der Waals surface area contributed by atoms with E-state index in [0.29, 0.717) is 0 Å². The molecule has 0 spiro atoms. The molecule has 0 fully saturated rings. The number of aryl methyl sites for hydroxylation is 1. The molecule has 3 nitrogen and oxygen atoms in total. The number of rotatable bonds is 4. The number of nitrogens with zero attached hydrogens (tertiary/aromatic N) is 2. The Balaban J connectivity index is 2.48. The van der Waals surface area contributed by atoms with E-state index in [1.54, 1.807) is 6.20 Å². The molecule has 4 heteroatoms. The summed E-state index contributed by atoms with van der Waals surface area (Å²) in [5, 5.41) is 3.32. The number of aromatic nitrogens is 2. The molecule has 0 aromatic carbocycles. The van der Waals surface area contributed by atoms with Crippen LogP contribution >= 0.6 is 11.8 Å². The van der Waals surface area contributed by atoms with Crippen molar-refractivity contribution in [3.05, 3.63) is 12.4 Å². The summed E-state index contributed by atoms with van der Waals surface area (Å²) in [6, 6.07) is 0. The Kier molecular flexibility index (Phi) is 3.25. The lowest BCUT2D eigenvalue weighted by molar-refractivity contribution is 0.740. The second-order valence-corrected chi connectivity index (χ2v) is 5.19. The third-order valence-corrected chi connectivity index (χ3v) is 3.30.